The molecule has 3 rings (SSSR count). The minimum Gasteiger partial charge on any atom is -0.347 e. The van der Waals surface area contributed by atoms with Crippen molar-refractivity contribution in [2.45, 2.75) is 11.3 Å². The fourth-order valence-electron chi connectivity index (χ4n) is 3.22. The molecule has 1 fully saturated rings. The lowest BCUT2D eigenvalue weighted by atomic mass is 10.1. The average molecular weight is 488 g/mol. The highest BCUT2D eigenvalue weighted by Crippen LogP contribution is 2.31. The van der Waals surface area contributed by atoms with Gasteiger partial charge in [0.15, 0.2) is 0 Å². The summed E-state index contributed by atoms with van der Waals surface area (Å²) in [6.07, 6.45) is -0.0460. The molecule has 0 saturated carbocycles. The lowest BCUT2D eigenvalue weighted by Crippen LogP contribution is -2.52. The minimum atomic E-state index is -3.91. The van der Waals surface area contributed by atoms with Gasteiger partial charge in [-0.05, 0) is 29.8 Å². The molecule has 2 aromatic carbocycles. The normalized spacial score (nSPS) is 15.0. The van der Waals surface area contributed by atoms with Crippen LogP contribution in [0.4, 0.5) is 4.39 Å². The topological polar surface area (TPSA) is 86.8 Å². The lowest BCUT2D eigenvalue weighted by molar-refractivity contribution is -0.133. The van der Waals surface area contributed by atoms with Gasteiger partial charge in [0.2, 0.25) is 21.8 Å². The molecular formula is C20H20Cl2FN3O4S. The predicted octanol–water partition coefficient (Wildman–Crippen LogP) is 2.32. The van der Waals surface area contributed by atoms with Gasteiger partial charge in [-0.25, -0.2) is 12.8 Å². The highest BCUT2D eigenvalue weighted by molar-refractivity contribution is 7.89. The van der Waals surface area contributed by atoms with Crippen LogP contribution in [0, 0.1) is 5.82 Å². The molecule has 0 bridgehead atoms. The van der Waals surface area contributed by atoms with Gasteiger partial charge in [-0.2, -0.15) is 4.31 Å². The van der Waals surface area contributed by atoms with E-state index in [1.165, 1.54) is 39.5 Å². The molecule has 1 heterocycles. The monoisotopic (exact) mass is 487 g/mol. The maximum Gasteiger partial charge on any atom is 0.246 e. The number of amides is 2. The molecule has 0 radical (unpaired) electrons. The molecule has 1 saturated heterocycles. The summed E-state index contributed by atoms with van der Waals surface area (Å²) in [5.74, 6) is -1.18. The summed E-state index contributed by atoms with van der Waals surface area (Å²) in [7, 11) is -3.91. The summed E-state index contributed by atoms with van der Waals surface area (Å²) < 4.78 is 40.2. The average Bonchev–Trinajstić information content (AvgIpc) is 2.72. The summed E-state index contributed by atoms with van der Waals surface area (Å²) in [5.41, 5.74) is 0.502. The highest BCUT2D eigenvalue weighted by atomic mass is 35.5. The number of rotatable bonds is 6. The first-order valence-corrected chi connectivity index (χ1v) is 11.6. The third kappa shape index (κ3) is 5.74. The van der Waals surface area contributed by atoms with Crippen molar-refractivity contribution >= 4 is 45.0 Å². The zero-order valence-electron chi connectivity index (χ0n) is 16.4. The van der Waals surface area contributed by atoms with Crippen LogP contribution in [0.1, 0.15) is 5.56 Å². The van der Waals surface area contributed by atoms with Gasteiger partial charge in [-0.3, -0.25) is 9.59 Å². The predicted molar refractivity (Wildman–Crippen MR) is 115 cm³/mol. The number of nitrogens with zero attached hydrogens (tertiary/aromatic N) is 2. The molecule has 1 aliphatic rings. The Bertz CT molecular complexity index is 1070. The maximum atomic E-state index is 13.2. The van der Waals surface area contributed by atoms with E-state index < -0.39 is 21.7 Å². The summed E-state index contributed by atoms with van der Waals surface area (Å²) >= 11 is 12.1. The third-order valence-corrected chi connectivity index (χ3v) is 7.65. The van der Waals surface area contributed by atoms with Crippen LogP contribution in [0.25, 0.3) is 0 Å². The number of piperazine rings is 1. The van der Waals surface area contributed by atoms with E-state index in [1.807, 2.05) is 0 Å². The summed E-state index contributed by atoms with van der Waals surface area (Å²) in [5, 5.41) is 2.58. The smallest absolute Gasteiger partial charge is 0.246 e. The van der Waals surface area contributed by atoms with Crippen LogP contribution in [-0.4, -0.2) is 62.2 Å². The summed E-state index contributed by atoms with van der Waals surface area (Å²) in [4.78, 5) is 25.7. The second-order valence-corrected chi connectivity index (χ2v) is 9.61. The Morgan fingerprint density at radius 3 is 2.23 bits per heavy atom. The van der Waals surface area contributed by atoms with Crippen LogP contribution in [0.3, 0.4) is 0 Å². The van der Waals surface area contributed by atoms with Gasteiger partial charge in [0.1, 0.15) is 10.7 Å². The maximum absolute atomic E-state index is 13.2. The molecule has 0 spiro atoms. The summed E-state index contributed by atoms with van der Waals surface area (Å²) in [6, 6.07) is 10.1. The third-order valence-electron chi connectivity index (χ3n) is 4.80. The van der Waals surface area contributed by atoms with Crippen molar-refractivity contribution in [3.05, 3.63) is 63.9 Å². The first kappa shape index (κ1) is 23.5. The Morgan fingerprint density at radius 1 is 1.00 bits per heavy atom. The van der Waals surface area contributed by atoms with Crippen molar-refractivity contribution in [1.29, 1.82) is 0 Å². The Kier molecular flexibility index (Phi) is 7.53. The number of hydrogen-bond acceptors (Lipinski definition) is 4. The van der Waals surface area contributed by atoms with Crippen molar-refractivity contribution in [3.63, 3.8) is 0 Å². The molecule has 1 N–H and O–H groups in total. The number of halogens is 3. The zero-order valence-corrected chi connectivity index (χ0v) is 18.7. The van der Waals surface area contributed by atoms with E-state index >= 15 is 0 Å². The van der Waals surface area contributed by atoms with Crippen molar-refractivity contribution in [2.24, 2.45) is 0 Å². The van der Waals surface area contributed by atoms with Gasteiger partial charge >= 0.3 is 0 Å². The van der Waals surface area contributed by atoms with Gasteiger partial charge in [0, 0.05) is 26.2 Å². The van der Waals surface area contributed by atoms with E-state index in [0.717, 1.165) is 0 Å². The summed E-state index contributed by atoms with van der Waals surface area (Å²) in [6.45, 7) is 0.261. The number of nitrogens with one attached hydrogen (secondary N) is 1. The first-order chi connectivity index (χ1) is 14.7. The van der Waals surface area contributed by atoms with E-state index in [-0.39, 0.29) is 60.0 Å². The number of hydrogen-bond donors (Lipinski definition) is 1. The number of sulfonamides is 1. The minimum absolute atomic E-state index is 0.0343. The van der Waals surface area contributed by atoms with Crippen LogP contribution in [0.5, 0.6) is 0 Å². The Morgan fingerprint density at radius 2 is 1.61 bits per heavy atom. The Hall–Kier alpha value is -2.20. The standard InChI is InChI=1S/C20H20Cl2FN3O4S/c21-16-5-2-6-17(22)20(16)31(29,30)26-9-7-25(8-10-26)19(28)13-24-18(27)12-14-3-1-4-15(23)11-14/h1-6,11H,7-10,12-13H2,(H,24,27). The lowest BCUT2D eigenvalue weighted by Gasteiger charge is -2.34. The Labute approximate surface area is 189 Å². The molecular weight excluding hydrogens is 468 g/mol. The van der Waals surface area contributed by atoms with Crippen LogP contribution in [0.2, 0.25) is 10.0 Å². The number of carbonyl (C=O) groups is 2. The molecule has 0 unspecified atom stereocenters. The zero-order chi connectivity index (χ0) is 22.6. The van der Waals surface area contributed by atoms with E-state index in [9.17, 15) is 22.4 Å². The molecule has 0 atom stereocenters. The van der Waals surface area contributed by atoms with Gasteiger partial charge in [-0.1, -0.05) is 41.4 Å². The van der Waals surface area contributed by atoms with Crippen LogP contribution >= 0.6 is 23.2 Å². The fraction of sp³-hybridized carbons (Fsp3) is 0.300. The van der Waals surface area contributed by atoms with Gasteiger partial charge < -0.3 is 10.2 Å². The van der Waals surface area contributed by atoms with E-state index in [1.54, 1.807) is 12.1 Å². The molecule has 31 heavy (non-hydrogen) atoms. The fourth-order valence-corrected chi connectivity index (χ4v) is 5.73. The van der Waals surface area contributed by atoms with Gasteiger partial charge in [0.25, 0.3) is 0 Å². The molecule has 7 nitrogen and oxygen atoms in total. The van der Waals surface area contributed by atoms with Crippen molar-refractivity contribution in [2.75, 3.05) is 32.7 Å². The first-order valence-electron chi connectivity index (χ1n) is 9.41. The Balaban J connectivity index is 1.52. The van der Waals surface area contributed by atoms with Crippen LogP contribution < -0.4 is 5.32 Å². The molecule has 0 aromatic heterocycles. The van der Waals surface area contributed by atoms with Gasteiger partial charge in [-0.15, -0.1) is 0 Å². The van der Waals surface area contributed by atoms with E-state index in [0.29, 0.717) is 5.56 Å². The van der Waals surface area contributed by atoms with E-state index in [4.69, 9.17) is 23.2 Å². The largest absolute Gasteiger partial charge is 0.347 e. The molecule has 1 aliphatic heterocycles. The molecule has 11 heteroatoms. The quantitative estimate of drug-likeness (QED) is 0.677. The molecule has 2 amide bonds. The van der Waals surface area contributed by atoms with Crippen molar-refractivity contribution < 1.29 is 22.4 Å². The molecule has 0 aliphatic carbocycles. The van der Waals surface area contributed by atoms with Crippen molar-refractivity contribution in [1.82, 2.24) is 14.5 Å². The second kappa shape index (κ2) is 9.95. The van der Waals surface area contributed by atoms with Crippen LogP contribution in [-0.2, 0) is 26.0 Å². The second-order valence-electron chi connectivity index (χ2n) is 6.92. The molecule has 2 aromatic rings. The van der Waals surface area contributed by atoms with E-state index in [2.05, 4.69) is 5.32 Å². The highest BCUT2D eigenvalue weighted by Gasteiger charge is 2.32. The SMILES string of the molecule is O=C(Cc1cccc(F)c1)NCC(=O)N1CCN(S(=O)(=O)c2c(Cl)cccc2Cl)CC1. The van der Waals surface area contributed by atoms with Crippen LogP contribution in [0.15, 0.2) is 47.4 Å². The van der Waals surface area contributed by atoms with Gasteiger partial charge in [0.05, 0.1) is 23.0 Å². The number of carbonyl (C=O) groups excluding carboxylic acids is 2. The van der Waals surface area contributed by atoms with Crippen molar-refractivity contribution in [3.8, 4) is 0 Å². The number of benzene rings is 2. The molecule has 166 valence electrons.